The number of alkyl halides is 3. The number of urea groups is 1. The lowest BCUT2D eigenvalue weighted by Crippen LogP contribution is -2.45. The van der Waals surface area contributed by atoms with Crippen LogP contribution in [0.25, 0.3) is 0 Å². The van der Waals surface area contributed by atoms with Gasteiger partial charge in [0.2, 0.25) is 0 Å². The van der Waals surface area contributed by atoms with E-state index in [4.69, 9.17) is 0 Å². The van der Waals surface area contributed by atoms with E-state index in [9.17, 15) is 22.4 Å². The summed E-state index contributed by atoms with van der Waals surface area (Å²) in [6, 6.07) is 2.19. The van der Waals surface area contributed by atoms with Crippen LogP contribution in [-0.4, -0.2) is 48.6 Å². The minimum atomic E-state index is -4.81. The first-order chi connectivity index (χ1) is 11.4. The number of nitrogens with one attached hydrogen (secondary N) is 1. The van der Waals surface area contributed by atoms with Crippen LogP contribution in [0.1, 0.15) is 25.8 Å². The molecule has 0 bridgehead atoms. The Kier molecular flexibility index (Phi) is 5.32. The smallest absolute Gasteiger partial charge is 0.327 e. The van der Waals surface area contributed by atoms with Crippen molar-refractivity contribution in [2.45, 2.75) is 32.0 Å². The summed E-state index contributed by atoms with van der Waals surface area (Å²) in [5.41, 5.74) is -1.96. The number of carbonyl (C=O) groups is 1. The van der Waals surface area contributed by atoms with Gasteiger partial charge in [-0.2, -0.15) is 13.2 Å². The Labute approximate surface area is 144 Å². The number of hydrogen-bond donors (Lipinski definition) is 1. The zero-order valence-corrected chi connectivity index (χ0v) is 14.7. The van der Waals surface area contributed by atoms with Crippen LogP contribution in [0.15, 0.2) is 18.2 Å². The average molecular weight is 361 g/mol. The molecule has 1 aliphatic heterocycles. The SMILES string of the molecule is CN(C[C@H]1CCN(C)C1(C)C)C(=O)Nc1cccc(C(F)(F)F)c1F. The van der Waals surface area contributed by atoms with Crippen LogP contribution in [0.3, 0.4) is 0 Å². The van der Waals surface area contributed by atoms with Crippen molar-refractivity contribution in [3.63, 3.8) is 0 Å². The predicted octanol–water partition coefficient (Wildman–Crippen LogP) is 4.04. The van der Waals surface area contributed by atoms with Crippen molar-refractivity contribution >= 4 is 11.7 Å². The van der Waals surface area contributed by atoms with Crippen LogP contribution in [0.5, 0.6) is 0 Å². The van der Waals surface area contributed by atoms with Gasteiger partial charge < -0.3 is 15.1 Å². The summed E-state index contributed by atoms with van der Waals surface area (Å²) >= 11 is 0. The summed E-state index contributed by atoms with van der Waals surface area (Å²) in [7, 11) is 3.56. The van der Waals surface area contributed by atoms with Gasteiger partial charge in [0.1, 0.15) is 0 Å². The molecule has 1 heterocycles. The van der Waals surface area contributed by atoms with Gasteiger partial charge in [-0.3, -0.25) is 0 Å². The quantitative estimate of drug-likeness (QED) is 0.825. The monoisotopic (exact) mass is 361 g/mol. The van der Waals surface area contributed by atoms with Gasteiger partial charge in [-0.05, 0) is 51.9 Å². The number of hydrogen-bond acceptors (Lipinski definition) is 2. The zero-order chi connectivity index (χ0) is 19.0. The van der Waals surface area contributed by atoms with Gasteiger partial charge in [0.05, 0.1) is 11.3 Å². The van der Waals surface area contributed by atoms with Gasteiger partial charge in [0.25, 0.3) is 0 Å². The number of carbonyl (C=O) groups excluding carboxylic acids is 1. The summed E-state index contributed by atoms with van der Waals surface area (Å²) in [4.78, 5) is 15.8. The van der Waals surface area contributed by atoms with Crippen LogP contribution in [0.4, 0.5) is 28.0 Å². The number of likely N-dealkylation sites (tertiary alicyclic amines) is 1. The Morgan fingerprint density at radius 3 is 2.56 bits per heavy atom. The molecule has 0 aliphatic carbocycles. The van der Waals surface area contributed by atoms with E-state index in [1.54, 1.807) is 7.05 Å². The molecule has 1 fully saturated rings. The van der Waals surface area contributed by atoms with Gasteiger partial charge in [0, 0.05) is 19.1 Å². The molecule has 2 rings (SSSR count). The Bertz CT molecular complexity index is 645. The van der Waals surface area contributed by atoms with Crippen LogP contribution in [0, 0.1) is 11.7 Å². The molecular weight excluding hydrogens is 338 g/mol. The van der Waals surface area contributed by atoms with Gasteiger partial charge in [-0.15, -0.1) is 0 Å². The molecule has 1 N–H and O–H groups in total. The molecule has 1 aliphatic rings. The van der Waals surface area contributed by atoms with E-state index < -0.39 is 29.3 Å². The maximum Gasteiger partial charge on any atom is 0.419 e. The fraction of sp³-hybridized carbons (Fsp3) is 0.588. The lowest BCUT2D eigenvalue weighted by atomic mass is 9.88. The third-order valence-electron chi connectivity index (χ3n) is 5.18. The van der Waals surface area contributed by atoms with Crippen molar-refractivity contribution in [2.75, 3.05) is 32.5 Å². The Balaban J connectivity index is 2.07. The molecule has 25 heavy (non-hydrogen) atoms. The second-order valence-electron chi connectivity index (χ2n) is 7.04. The van der Waals surface area contributed by atoms with E-state index >= 15 is 0 Å². The lowest BCUT2D eigenvalue weighted by molar-refractivity contribution is -0.139. The normalized spacial score (nSPS) is 20.6. The van der Waals surface area contributed by atoms with Gasteiger partial charge in [0.15, 0.2) is 5.82 Å². The largest absolute Gasteiger partial charge is 0.419 e. The van der Waals surface area contributed by atoms with Gasteiger partial charge in [-0.25, -0.2) is 9.18 Å². The zero-order valence-electron chi connectivity index (χ0n) is 14.7. The average Bonchev–Trinajstić information content (AvgIpc) is 2.74. The second kappa shape index (κ2) is 6.82. The predicted molar refractivity (Wildman–Crippen MR) is 87.9 cm³/mol. The Morgan fingerprint density at radius 1 is 1.40 bits per heavy atom. The molecule has 0 saturated carbocycles. The van der Waals surface area contributed by atoms with Gasteiger partial charge >= 0.3 is 12.2 Å². The number of halogens is 4. The van der Waals surface area contributed by atoms with E-state index in [0.29, 0.717) is 12.6 Å². The summed E-state index contributed by atoms with van der Waals surface area (Å²) in [6.07, 6.45) is -3.89. The molecule has 4 nitrogen and oxygen atoms in total. The maximum atomic E-state index is 14.0. The van der Waals surface area contributed by atoms with Crippen molar-refractivity contribution in [3.05, 3.63) is 29.6 Å². The molecule has 2 amide bonds. The van der Waals surface area contributed by atoms with E-state index in [0.717, 1.165) is 25.1 Å². The van der Waals surface area contributed by atoms with Crippen molar-refractivity contribution in [1.82, 2.24) is 9.80 Å². The van der Waals surface area contributed by atoms with Crippen LogP contribution < -0.4 is 5.32 Å². The highest BCUT2D eigenvalue weighted by molar-refractivity contribution is 5.89. The van der Waals surface area contributed by atoms with Crippen molar-refractivity contribution in [3.8, 4) is 0 Å². The number of anilines is 1. The van der Waals surface area contributed by atoms with E-state index in [2.05, 4.69) is 24.1 Å². The molecule has 1 atom stereocenters. The number of rotatable bonds is 3. The van der Waals surface area contributed by atoms with Crippen molar-refractivity contribution in [2.24, 2.45) is 5.92 Å². The first-order valence-corrected chi connectivity index (χ1v) is 8.03. The molecule has 8 heteroatoms. The molecule has 0 unspecified atom stereocenters. The van der Waals surface area contributed by atoms with E-state index in [-0.39, 0.29) is 11.5 Å². The van der Waals surface area contributed by atoms with Crippen molar-refractivity contribution < 1.29 is 22.4 Å². The second-order valence-corrected chi connectivity index (χ2v) is 7.04. The molecular formula is C17H23F4N3O. The standard InChI is InChI=1S/C17H23F4N3O/c1-16(2)11(8-9-24(16)4)10-23(3)15(25)22-13-7-5-6-12(14(13)18)17(19,20)21/h5-7,11H,8-10H2,1-4H3,(H,22,25)/t11-/m1/s1. The van der Waals surface area contributed by atoms with E-state index in [1.165, 1.54) is 4.90 Å². The lowest BCUT2D eigenvalue weighted by Gasteiger charge is -2.35. The van der Waals surface area contributed by atoms with Crippen molar-refractivity contribution in [1.29, 1.82) is 0 Å². The van der Waals surface area contributed by atoms with Crippen LogP contribution >= 0.6 is 0 Å². The maximum absolute atomic E-state index is 14.0. The molecule has 0 aromatic heterocycles. The highest BCUT2D eigenvalue weighted by atomic mass is 19.4. The minimum absolute atomic E-state index is 0.0873. The molecule has 1 saturated heterocycles. The third-order valence-corrected chi connectivity index (χ3v) is 5.18. The van der Waals surface area contributed by atoms with Gasteiger partial charge in [-0.1, -0.05) is 6.07 Å². The number of nitrogens with zero attached hydrogens (tertiary/aromatic N) is 2. The summed E-state index contributed by atoms with van der Waals surface area (Å²) < 4.78 is 52.3. The summed E-state index contributed by atoms with van der Waals surface area (Å²) in [6.45, 7) is 5.52. The number of amides is 2. The van der Waals surface area contributed by atoms with Crippen LogP contribution in [0.2, 0.25) is 0 Å². The van der Waals surface area contributed by atoms with Crippen LogP contribution in [-0.2, 0) is 6.18 Å². The Hall–Kier alpha value is -1.83. The minimum Gasteiger partial charge on any atom is -0.327 e. The fourth-order valence-electron chi connectivity index (χ4n) is 3.09. The fourth-order valence-corrected chi connectivity index (χ4v) is 3.09. The summed E-state index contributed by atoms with van der Waals surface area (Å²) in [5.74, 6) is -1.25. The Morgan fingerprint density at radius 2 is 2.04 bits per heavy atom. The first kappa shape index (κ1) is 19.5. The first-order valence-electron chi connectivity index (χ1n) is 8.03. The molecule has 0 radical (unpaired) electrons. The summed E-state index contributed by atoms with van der Waals surface area (Å²) in [5, 5.41) is 2.23. The molecule has 0 spiro atoms. The third kappa shape index (κ3) is 4.05. The molecule has 140 valence electrons. The van der Waals surface area contributed by atoms with E-state index in [1.807, 2.05) is 7.05 Å². The molecule has 1 aromatic rings. The topological polar surface area (TPSA) is 35.6 Å². The number of benzene rings is 1. The highest BCUT2D eigenvalue weighted by Crippen LogP contribution is 2.35. The molecule has 1 aromatic carbocycles. The highest BCUT2D eigenvalue weighted by Gasteiger charge is 2.40.